The van der Waals surface area contributed by atoms with Gasteiger partial charge in [0.2, 0.25) is 5.91 Å². The number of carbonyl (C=O) groups excluding carboxylic acids is 1. The highest BCUT2D eigenvalue weighted by Crippen LogP contribution is 2.23. The summed E-state index contributed by atoms with van der Waals surface area (Å²) in [6, 6.07) is -0.825. The van der Waals surface area contributed by atoms with Crippen LogP contribution in [-0.4, -0.2) is 87.5 Å². The minimum absolute atomic E-state index is 0.191. The number of rotatable bonds is 45. The molecule has 64 heavy (non-hydrogen) atoms. The summed E-state index contributed by atoms with van der Waals surface area (Å²) in [7, 11) is 0. The molecule has 0 spiro atoms. The molecule has 7 atom stereocenters. The van der Waals surface area contributed by atoms with E-state index in [0.29, 0.717) is 6.42 Å². The van der Waals surface area contributed by atoms with E-state index in [1.807, 2.05) is 6.08 Å². The van der Waals surface area contributed by atoms with Crippen molar-refractivity contribution >= 4 is 5.91 Å². The number of hydrogen-bond donors (Lipinski definition) is 6. The zero-order chi connectivity index (χ0) is 46.6. The monoisotopic (exact) mass is 904 g/mol. The Morgan fingerprint density at radius 3 is 1.39 bits per heavy atom. The Morgan fingerprint density at radius 1 is 0.531 bits per heavy atom. The maximum Gasteiger partial charge on any atom is 0.220 e. The van der Waals surface area contributed by atoms with Crippen molar-refractivity contribution in [2.75, 3.05) is 13.2 Å². The van der Waals surface area contributed by atoms with Crippen LogP contribution in [-0.2, 0) is 14.3 Å². The third-order valence-corrected chi connectivity index (χ3v) is 12.6. The van der Waals surface area contributed by atoms with Crippen molar-refractivity contribution in [1.82, 2.24) is 5.32 Å². The van der Waals surface area contributed by atoms with Gasteiger partial charge in [-0.15, -0.1) is 0 Å². The normalized spacial score (nSPS) is 20.4. The molecule has 0 saturated carbocycles. The minimum atomic E-state index is -1.57. The van der Waals surface area contributed by atoms with Crippen LogP contribution in [0.15, 0.2) is 48.6 Å². The molecule has 1 aliphatic rings. The van der Waals surface area contributed by atoms with E-state index in [4.69, 9.17) is 9.47 Å². The number of allylic oxidation sites excluding steroid dienone is 7. The maximum atomic E-state index is 13.0. The Bertz CT molecular complexity index is 1140. The number of carbonyl (C=O) groups is 1. The van der Waals surface area contributed by atoms with Gasteiger partial charge in [0.1, 0.15) is 24.4 Å². The van der Waals surface area contributed by atoms with Gasteiger partial charge in [-0.05, 0) is 64.2 Å². The minimum Gasteiger partial charge on any atom is -0.394 e. The second-order valence-corrected chi connectivity index (χ2v) is 18.6. The van der Waals surface area contributed by atoms with E-state index >= 15 is 0 Å². The lowest BCUT2D eigenvalue weighted by Crippen LogP contribution is -2.60. The Balaban J connectivity index is 2.11. The summed E-state index contributed by atoms with van der Waals surface area (Å²) in [4.78, 5) is 13.0. The standard InChI is InChI=1S/C55H101NO8/c1-3-5-7-9-11-13-15-16-17-18-19-20-21-22-23-24-25-26-27-28-29-30-31-32-33-34-35-37-39-41-43-45-51(59)56-48(47-63-55-54(62)53(61)52(60)50(46-57)64-55)49(58)44-42-40-38-36-14-12-10-8-6-4-2/h6,8,14,18-19,36,42,44,48-50,52-55,57-58,60-62H,3-5,7,9-13,15-17,20-35,37-41,43,45-47H2,1-2H3,(H,56,59)/b8-6+,19-18-,36-14+,44-42+. The van der Waals surface area contributed by atoms with Crippen LogP contribution in [0.5, 0.6) is 0 Å². The maximum absolute atomic E-state index is 13.0. The smallest absolute Gasteiger partial charge is 0.220 e. The van der Waals surface area contributed by atoms with Crippen molar-refractivity contribution in [1.29, 1.82) is 0 Å². The molecule has 0 radical (unpaired) electrons. The van der Waals surface area contributed by atoms with E-state index in [0.717, 1.165) is 51.4 Å². The van der Waals surface area contributed by atoms with Gasteiger partial charge in [0, 0.05) is 6.42 Å². The zero-order valence-electron chi connectivity index (χ0n) is 41.3. The summed E-state index contributed by atoms with van der Waals surface area (Å²) < 4.78 is 11.2. The van der Waals surface area contributed by atoms with Crippen LogP contribution in [0, 0.1) is 0 Å². The highest BCUT2D eigenvalue weighted by atomic mass is 16.7. The molecular weight excluding hydrogens is 803 g/mol. The molecule has 0 aromatic rings. The number of nitrogens with one attached hydrogen (secondary N) is 1. The molecule has 1 aliphatic heterocycles. The fraction of sp³-hybridized carbons (Fsp3) is 0.836. The summed E-state index contributed by atoms with van der Waals surface area (Å²) in [6.07, 6.45) is 52.1. The van der Waals surface area contributed by atoms with Gasteiger partial charge in [0.05, 0.1) is 25.4 Å². The lowest BCUT2D eigenvalue weighted by Gasteiger charge is -2.40. The van der Waals surface area contributed by atoms with Gasteiger partial charge in [0.15, 0.2) is 6.29 Å². The predicted molar refractivity (Wildman–Crippen MR) is 267 cm³/mol. The predicted octanol–water partition coefficient (Wildman–Crippen LogP) is 12.6. The van der Waals surface area contributed by atoms with Gasteiger partial charge in [-0.25, -0.2) is 0 Å². The van der Waals surface area contributed by atoms with Crippen LogP contribution < -0.4 is 5.32 Å². The molecule has 1 heterocycles. The number of hydrogen-bond acceptors (Lipinski definition) is 8. The van der Waals surface area contributed by atoms with Gasteiger partial charge in [-0.2, -0.15) is 0 Å². The van der Waals surface area contributed by atoms with Gasteiger partial charge in [-0.1, -0.05) is 217 Å². The summed E-state index contributed by atoms with van der Waals surface area (Å²) in [5.74, 6) is -0.191. The summed E-state index contributed by atoms with van der Waals surface area (Å²) in [5, 5.41) is 54.1. The molecular formula is C55H101NO8. The zero-order valence-corrected chi connectivity index (χ0v) is 41.3. The Morgan fingerprint density at radius 2 is 0.938 bits per heavy atom. The Labute approximate surface area is 393 Å². The number of aliphatic hydroxyl groups is 5. The van der Waals surface area contributed by atoms with Crippen LogP contribution in [0.3, 0.4) is 0 Å². The lowest BCUT2D eigenvalue weighted by atomic mass is 9.99. The topological polar surface area (TPSA) is 149 Å². The van der Waals surface area contributed by atoms with Crippen LogP contribution in [0.1, 0.15) is 239 Å². The van der Waals surface area contributed by atoms with Crippen molar-refractivity contribution in [2.24, 2.45) is 0 Å². The molecule has 374 valence electrons. The molecule has 0 aliphatic carbocycles. The van der Waals surface area contributed by atoms with Crippen molar-refractivity contribution in [2.45, 2.75) is 281 Å². The average molecular weight is 904 g/mol. The van der Waals surface area contributed by atoms with E-state index in [9.17, 15) is 30.3 Å². The highest BCUT2D eigenvalue weighted by Gasteiger charge is 2.44. The third kappa shape index (κ3) is 34.5. The SMILES string of the molecule is CC/C=C/CC/C=C/CC/C=C/C(O)C(COC1OC(CO)C(O)C(O)C1O)NC(=O)CCCCCCCCCCCCCCCCCCCCC/C=C\CCCCCCCCCC. The van der Waals surface area contributed by atoms with Crippen LogP contribution >= 0.6 is 0 Å². The van der Waals surface area contributed by atoms with Gasteiger partial charge in [0.25, 0.3) is 0 Å². The fourth-order valence-corrected chi connectivity index (χ4v) is 8.37. The largest absolute Gasteiger partial charge is 0.394 e. The Kier molecular flexibility index (Phi) is 42.3. The van der Waals surface area contributed by atoms with E-state index in [1.54, 1.807) is 6.08 Å². The van der Waals surface area contributed by atoms with E-state index < -0.39 is 49.5 Å². The molecule has 1 saturated heterocycles. The van der Waals surface area contributed by atoms with Crippen LogP contribution in [0.4, 0.5) is 0 Å². The molecule has 0 aromatic carbocycles. The summed E-state index contributed by atoms with van der Waals surface area (Å²) >= 11 is 0. The molecule has 0 aromatic heterocycles. The highest BCUT2D eigenvalue weighted by molar-refractivity contribution is 5.76. The van der Waals surface area contributed by atoms with Gasteiger partial charge >= 0.3 is 0 Å². The second kappa shape index (κ2) is 45.0. The van der Waals surface area contributed by atoms with Crippen LogP contribution in [0.2, 0.25) is 0 Å². The first-order chi connectivity index (χ1) is 31.3. The quantitative estimate of drug-likeness (QED) is 0.0261. The molecule has 1 rings (SSSR count). The molecule has 1 amide bonds. The van der Waals surface area contributed by atoms with Crippen LogP contribution in [0.25, 0.3) is 0 Å². The first kappa shape index (κ1) is 60.2. The Hall–Kier alpha value is -1.85. The van der Waals surface area contributed by atoms with Gasteiger partial charge in [-0.3, -0.25) is 4.79 Å². The number of aliphatic hydroxyl groups excluding tert-OH is 5. The molecule has 9 nitrogen and oxygen atoms in total. The number of unbranched alkanes of at least 4 members (excludes halogenated alkanes) is 29. The molecule has 7 unspecified atom stereocenters. The van der Waals surface area contributed by atoms with Crippen molar-refractivity contribution in [3.63, 3.8) is 0 Å². The summed E-state index contributed by atoms with van der Waals surface area (Å²) in [5.41, 5.74) is 0. The van der Waals surface area contributed by atoms with E-state index in [-0.39, 0.29) is 12.5 Å². The van der Waals surface area contributed by atoms with E-state index in [2.05, 4.69) is 55.6 Å². The van der Waals surface area contributed by atoms with E-state index in [1.165, 1.54) is 167 Å². The van der Waals surface area contributed by atoms with Crippen molar-refractivity contribution < 1.29 is 39.8 Å². The molecule has 9 heteroatoms. The first-order valence-electron chi connectivity index (χ1n) is 26.9. The number of ether oxygens (including phenoxy) is 2. The summed E-state index contributed by atoms with van der Waals surface area (Å²) in [6.45, 7) is 3.63. The fourth-order valence-electron chi connectivity index (χ4n) is 8.37. The molecule has 0 bridgehead atoms. The third-order valence-electron chi connectivity index (χ3n) is 12.6. The number of amides is 1. The lowest BCUT2D eigenvalue weighted by molar-refractivity contribution is -0.302. The molecule has 6 N–H and O–H groups in total. The second-order valence-electron chi connectivity index (χ2n) is 18.6. The first-order valence-corrected chi connectivity index (χ1v) is 26.9. The molecule has 1 fully saturated rings. The van der Waals surface area contributed by atoms with Crippen molar-refractivity contribution in [3.8, 4) is 0 Å². The van der Waals surface area contributed by atoms with Gasteiger partial charge < -0.3 is 40.3 Å². The van der Waals surface area contributed by atoms with Crippen molar-refractivity contribution in [3.05, 3.63) is 48.6 Å². The average Bonchev–Trinajstić information content (AvgIpc) is 3.29.